The van der Waals surface area contributed by atoms with Crippen LogP contribution in [0.25, 0.3) is 0 Å². The van der Waals surface area contributed by atoms with E-state index < -0.39 is 10.8 Å². The van der Waals surface area contributed by atoms with Crippen LogP contribution < -0.4 is 5.32 Å². The predicted octanol–water partition coefficient (Wildman–Crippen LogP) is 4.13. The maximum atomic E-state index is 13.6. The van der Waals surface area contributed by atoms with E-state index in [0.29, 0.717) is 20.8 Å². The van der Waals surface area contributed by atoms with E-state index in [0.717, 1.165) is 0 Å². The molecule has 26 heavy (non-hydrogen) atoms. The van der Waals surface area contributed by atoms with Crippen LogP contribution in [0.4, 0.5) is 15.2 Å². The van der Waals surface area contributed by atoms with Gasteiger partial charge in [0.1, 0.15) is 5.82 Å². The van der Waals surface area contributed by atoms with Gasteiger partial charge in [-0.3, -0.25) is 20.2 Å². The first-order valence-electron chi connectivity index (χ1n) is 7.28. The van der Waals surface area contributed by atoms with Crippen LogP contribution in [0.3, 0.4) is 0 Å². The van der Waals surface area contributed by atoms with Crippen molar-refractivity contribution in [3.05, 3.63) is 75.6 Å². The number of thioether (sulfide) groups is 1. The van der Waals surface area contributed by atoms with Crippen LogP contribution in [-0.4, -0.2) is 21.0 Å². The molecule has 1 aromatic heterocycles. The predicted molar refractivity (Wildman–Crippen MR) is 96.9 cm³/mol. The molecule has 0 unspecified atom stereocenters. The van der Waals surface area contributed by atoms with E-state index in [9.17, 15) is 19.3 Å². The number of nitro benzene ring substituents is 1. The molecule has 0 saturated carbocycles. The molecule has 1 amide bonds. The van der Waals surface area contributed by atoms with Crippen LogP contribution in [0.2, 0.25) is 0 Å². The van der Waals surface area contributed by atoms with Gasteiger partial charge < -0.3 is 0 Å². The molecular formula is C16H11FN4O3S2. The lowest BCUT2D eigenvalue weighted by atomic mass is 10.2. The van der Waals surface area contributed by atoms with Gasteiger partial charge in [-0.25, -0.2) is 4.39 Å². The van der Waals surface area contributed by atoms with Crippen molar-refractivity contribution in [1.82, 2.24) is 10.2 Å². The Morgan fingerprint density at radius 1 is 1.19 bits per heavy atom. The van der Waals surface area contributed by atoms with E-state index in [1.165, 1.54) is 53.4 Å². The summed E-state index contributed by atoms with van der Waals surface area (Å²) >= 11 is 2.48. The topological polar surface area (TPSA) is 98.0 Å². The molecule has 0 atom stereocenters. The maximum absolute atomic E-state index is 13.6. The molecule has 0 aliphatic rings. The number of amides is 1. The van der Waals surface area contributed by atoms with Crippen LogP contribution in [0.15, 0.2) is 52.9 Å². The Morgan fingerprint density at radius 3 is 2.62 bits per heavy atom. The van der Waals surface area contributed by atoms with E-state index in [1.54, 1.807) is 18.2 Å². The van der Waals surface area contributed by atoms with Gasteiger partial charge in [-0.15, -0.1) is 10.2 Å². The fourth-order valence-electron chi connectivity index (χ4n) is 1.98. The molecule has 10 heteroatoms. The van der Waals surface area contributed by atoms with E-state index >= 15 is 0 Å². The smallest absolute Gasteiger partial charge is 0.269 e. The number of carbonyl (C=O) groups is 1. The number of hydrogen-bond acceptors (Lipinski definition) is 7. The van der Waals surface area contributed by atoms with E-state index in [4.69, 9.17) is 0 Å². The van der Waals surface area contributed by atoms with Crippen molar-refractivity contribution < 1.29 is 14.1 Å². The molecule has 2 aromatic carbocycles. The fourth-order valence-corrected chi connectivity index (χ4v) is 3.71. The van der Waals surface area contributed by atoms with E-state index in [1.807, 2.05) is 0 Å². The number of nitro groups is 1. The average molecular weight is 390 g/mol. The minimum atomic E-state index is -0.536. The minimum Gasteiger partial charge on any atom is -0.296 e. The summed E-state index contributed by atoms with van der Waals surface area (Å²) in [5, 5.41) is 21.3. The van der Waals surface area contributed by atoms with Gasteiger partial charge in [0.25, 0.3) is 11.6 Å². The highest BCUT2D eigenvalue weighted by atomic mass is 32.2. The van der Waals surface area contributed by atoms with Crippen LogP contribution in [0.5, 0.6) is 0 Å². The number of rotatable bonds is 6. The molecule has 7 nitrogen and oxygen atoms in total. The summed E-state index contributed by atoms with van der Waals surface area (Å²) in [5.41, 5.74) is 0.736. The van der Waals surface area contributed by atoms with Gasteiger partial charge in [0.05, 0.1) is 4.92 Å². The van der Waals surface area contributed by atoms with E-state index in [2.05, 4.69) is 15.5 Å². The molecular weight excluding hydrogens is 379 g/mol. The molecule has 0 saturated heterocycles. The van der Waals surface area contributed by atoms with Gasteiger partial charge in [-0.05, 0) is 23.8 Å². The normalized spacial score (nSPS) is 10.5. The third-order valence-electron chi connectivity index (χ3n) is 3.28. The van der Waals surface area contributed by atoms with E-state index in [-0.39, 0.29) is 17.1 Å². The number of carbonyl (C=O) groups excluding carboxylic acids is 1. The SMILES string of the molecule is O=C(Nc1nnc(SCc2ccccc2F)s1)c1ccc([N+](=O)[O-])cc1. The summed E-state index contributed by atoms with van der Waals surface area (Å²) in [6, 6.07) is 11.7. The van der Waals surface area contributed by atoms with Crippen LogP contribution in [-0.2, 0) is 5.75 Å². The quantitative estimate of drug-likeness (QED) is 0.294. The summed E-state index contributed by atoms with van der Waals surface area (Å²) in [6.07, 6.45) is 0. The summed E-state index contributed by atoms with van der Waals surface area (Å²) in [4.78, 5) is 22.2. The summed E-state index contributed by atoms with van der Waals surface area (Å²) in [5.74, 6) is -0.324. The number of benzene rings is 2. The molecule has 0 bridgehead atoms. The summed E-state index contributed by atoms with van der Waals surface area (Å²) in [6.45, 7) is 0. The zero-order valence-electron chi connectivity index (χ0n) is 13.1. The van der Waals surface area contributed by atoms with Gasteiger partial charge >= 0.3 is 0 Å². The zero-order chi connectivity index (χ0) is 18.5. The molecule has 3 aromatic rings. The number of hydrogen-bond donors (Lipinski definition) is 1. The van der Waals surface area contributed by atoms with Crippen molar-refractivity contribution in [1.29, 1.82) is 0 Å². The van der Waals surface area contributed by atoms with Gasteiger partial charge in [-0.2, -0.15) is 0 Å². The second-order valence-corrected chi connectivity index (χ2v) is 7.21. The maximum Gasteiger partial charge on any atom is 0.269 e. The van der Waals surface area contributed by atoms with Gasteiger partial charge in [0.2, 0.25) is 5.13 Å². The summed E-state index contributed by atoms with van der Waals surface area (Å²) in [7, 11) is 0. The molecule has 3 rings (SSSR count). The molecule has 0 fully saturated rings. The van der Waals surface area contributed by atoms with Crippen molar-refractivity contribution in [2.45, 2.75) is 10.1 Å². The Labute approximate surface area is 155 Å². The van der Waals surface area contributed by atoms with Crippen molar-refractivity contribution in [3.63, 3.8) is 0 Å². The molecule has 0 aliphatic heterocycles. The lowest BCUT2D eigenvalue weighted by Gasteiger charge is -2.01. The highest BCUT2D eigenvalue weighted by molar-refractivity contribution is 8.00. The second-order valence-electron chi connectivity index (χ2n) is 5.01. The number of aromatic nitrogens is 2. The lowest BCUT2D eigenvalue weighted by Crippen LogP contribution is -2.11. The van der Waals surface area contributed by atoms with Gasteiger partial charge in [-0.1, -0.05) is 41.3 Å². The Kier molecular flexibility index (Phi) is 5.54. The molecule has 1 N–H and O–H groups in total. The Balaban J connectivity index is 1.60. The zero-order valence-corrected chi connectivity index (χ0v) is 14.7. The van der Waals surface area contributed by atoms with Crippen LogP contribution in [0.1, 0.15) is 15.9 Å². The molecule has 0 radical (unpaired) electrons. The van der Waals surface area contributed by atoms with Crippen molar-refractivity contribution in [2.75, 3.05) is 5.32 Å². The Morgan fingerprint density at radius 2 is 1.92 bits per heavy atom. The number of nitrogens with zero attached hydrogens (tertiary/aromatic N) is 3. The van der Waals surface area contributed by atoms with Crippen molar-refractivity contribution in [3.8, 4) is 0 Å². The van der Waals surface area contributed by atoms with Crippen molar-refractivity contribution in [2.24, 2.45) is 0 Å². The first-order valence-corrected chi connectivity index (χ1v) is 9.08. The van der Waals surface area contributed by atoms with Gasteiger partial charge in [0.15, 0.2) is 4.34 Å². The highest BCUT2D eigenvalue weighted by Crippen LogP contribution is 2.29. The molecule has 0 spiro atoms. The monoisotopic (exact) mass is 390 g/mol. The first-order chi connectivity index (χ1) is 12.5. The highest BCUT2D eigenvalue weighted by Gasteiger charge is 2.13. The lowest BCUT2D eigenvalue weighted by molar-refractivity contribution is -0.384. The third-order valence-corrected chi connectivity index (χ3v) is 5.30. The molecule has 132 valence electrons. The third kappa shape index (κ3) is 4.41. The summed E-state index contributed by atoms with van der Waals surface area (Å²) < 4.78 is 14.2. The van der Waals surface area contributed by atoms with Crippen molar-refractivity contribution >= 4 is 39.8 Å². The fraction of sp³-hybridized carbons (Fsp3) is 0.0625. The number of nitrogens with one attached hydrogen (secondary N) is 1. The second kappa shape index (κ2) is 8.02. The Bertz CT molecular complexity index is 947. The number of halogens is 1. The average Bonchev–Trinajstić information content (AvgIpc) is 3.08. The molecule has 1 heterocycles. The largest absolute Gasteiger partial charge is 0.296 e. The van der Waals surface area contributed by atoms with Crippen LogP contribution in [0, 0.1) is 15.9 Å². The number of anilines is 1. The molecule has 0 aliphatic carbocycles. The standard InChI is InChI=1S/C16H11FN4O3S2/c17-13-4-2-1-3-11(13)9-25-16-20-19-15(26-16)18-14(22)10-5-7-12(8-6-10)21(23)24/h1-8H,9H2,(H,18,19,22). The minimum absolute atomic E-state index is 0.0932. The van der Waals surface area contributed by atoms with Gasteiger partial charge in [0, 0.05) is 23.4 Å². The number of non-ortho nitro benzene ring substituents is 1. The first kappa shape index (κ1) is 18.0. The van der Waals surface area contributed by atoms with Crippen LogP contribution >= 0.6 is 23.1 Å². The Hall–Kier alpha value is -2.85.